The summed E-state index contributed by atoms with van der Waals surface area (Å²) < 4.78 is 31.6. The summed E-state index contributed by atoms with van der Waals surface area (Å²) in [5, 5.41) is 1.09. The van der Waals surface area contributed by atoms with Gasteiger partial charge in [-0.05, 0) is 20.8 Å². The summed E-state index contributed by atoms with van der Waals surface area (Å²) in [6.07, 6.45) is 0.0849. The van der Waals surface area contributed by atoms with E-state index >= 15 is 0 Å². The zero-order valence-corrected chi connectivity index (χ0v) is 12.1. The van der Waals surface area contributed by atoms with E-state index in [9.17, 15) is 13.2 Å². The van der Waals surface area contributed by atoms with E-state index in [4.69, 9.17) is 4.74 Å². The predicted molar refractivity (Wildman–Crippen MR) is 68.6 cm³/mol. The van der Waals surface area contributed by atoms with E-state index in [0.717, 1.165) is 11.3 Å². The molecule has 1 aromatic heterocycles. The van der Waals surface area contributed by atoms with Crippen LogP contribution >= 0.6 is 11.3 Å². The molecule has 18 heavy (non-hydrogen) atoms. The van der Waals surface area contributed by atoms with Gasteiger partial charge in [-0.1, -0.05) is 0 Å². The van der Waals surface area contributed by atoms with Gasteiger partial charge in [0.25, 0.3) is 10.0 Å². The van der Waals surface area contributed by atoms with Crippen molar-refractivity contribution in [3.63, 3.8) is 0 Å². The Bertz CT molecular complexity index is 569. The van der Waals surface area contributed by atoms with Crippen LogP contribution in [0.1, 0.15) is 26.5 Å². The van der Waals surface area contributed by atoms with Crippen molar-refractivity contribution < 1.29 is 17.9 Å². The van der Waals surface area contributed by atoms with Crippen molar-refractivity contribution >= 4 is 27.3 Å². The molecule has 0 aliphatic heterocycles. The Labute approximate surface area is 110 Å². The lowest BCUT2D eigenvalue weighted by Gasteiger charge is -1.99. The molecule has 0 atom stereocenters. The van der Waals surface area contributed by atoms with E-state index in [1.54, 1.807) is 26.2 Å². The summed E-state index contributed by atoms with van der Waals surface area (Å²) in [7, 11) is -3.49. The van der Waals surface area contributed by atoms with Crippen LogP contribution in [0.3, 0.4) is 0 Å². The largest absolute Gasteiger partial charge is 0.466 e. The molecular formula is C10H16N2O4S2. The van der Waals surface area contributed by atoms with E-state index < -0.39 is 15.3 Å². The number of esters is 1. The molecule has 0 aliphatic carbocycles. The number of thiazole rings is 1. The first-order valence-electron chi connectivity index (χ1n) is 5.47. The third-order valence-corrected chi connectivity index (χ3v) is 4.59. The lowest BCUT2D eigenvalue weighted by atomic mass is 10.3. The fourth-order valence-corrected chi connectivity index (χ4v) is 2.60. The third-order valence-electron chi connectivity index (χ3n) is 2.03. The number of rotatable bonds is 5. The highest BCUT2D eigenvalue weighted by Gasteiger charge is 2.14. The summed E-state index contributed by atoms with van der Waals surface area (Å²) in [4.78, 5) is 14.3. The van der Waals surface area contributed by atoms with Crippen LogP contribution in [0, 0.1) is 0 Å². The first-order chi connectivity index (χ1) is 8.35. The normalized spacial score (nSPS) is 13.0. The molecule has 1 rings (SSSR count). The molecule has 0 spiro atoms. The minimum atomic E-state index is -3.49. The van der Waals surface area contributed by atoms with Gasteiger partial charge in [-0.25, -0.2) is 8.42 Å². The Morgan fingerprint density at radius 2 is 2.22 bits per heavy atom. The van der Waals surface area contributed by atoms with E-state index in [1.165, 1.54) is 0 Å². The number of ether oxygens (including phenoxy) is 1. The molecule has 0 aliphatic rings. The highest BCUT2D eigenvalue weighted by atomic mass is 32.2. The van der Waals surface area contributed by atoms with Gasteiger partial charge in [-0.15, -0.1) is 15.7 Å². The molecule has 8 heteroatoms. The predicted octanol–water partition coefficient (Wildman–Crippen LogP) is 0.821. The van der Waals surface area contributed by atoms with Crippen molar-refractivity contribution in [1.82, 2.24) is 4.98 Å². The van der Waals surface area contributed by atoms with Gasteiger partial charge in [-0.3, -0.25) is 4.79 Å². The molecule has 1 N–H and O–H groups in total. The van der Waals surface area contributed by atoms with E-state index in [0.29, 0.717) is 12.3 Å². The highest BCUT2D eigenvalue weighted by molar-refractivity contribution is 7.90. The average Bonchev–Trinajstić information content (AvgIpc) is 2.64. The molecule has 1 aromatic rings. The van der Waals surface area contributed by atoms with Crippen LogP contribution in [-0.4, -0.2) is 31.2 Å². The maximum atomic E-state index is 11.6. The second kappa shape index (κ2) is 6.14. The molecule has 0 radical (unpaired) electrons. The summed E-state index contributed by atoms with van der Waals surface area (Å²) in [6.45, 7) is 5.17. The van der Waals surface area contributed by atoms with Crippen LogP contribution in [0.25, 0.3) is 0 Å². The lowest BCUT2D eigenvalue weighted by Crippen LogP contribution is -2.15. The number of aromatic nitrogens is 1. The van der Waals surface area contributed by atoms with Gasteiger partial charge in [-0.2, -0.15) is 0 Å². The molecule has 0 unspecified atom stereocenters. The van der Waals surface area contributed by atoms with Gasteiger partial charge < -0.3 is 9.72 Å². The Morgan fingerprint density at radius 3 is 2.78 bits per heavy atom. The highest BCUT2D eigenvalue weighted by Crippen LogP contribution is 2.03. The van der Waals surface area contributed by atoms with Crippen molar-refractivity contribution in [2.75, 3.05) is 6.61 Å². The first-order valence-corrected chi connectivity index (χ1v) is 7.85. The van der Waals surface area contributed by atoms with Crippen LogP contribution in [0.2, 0.25) is 0 Å². The summed E-state index contributed by atoms with van der Waals surface area (Å²) in [5.41, 5.74) is 0.594. The Hall–Kier alpha value is -1.15. The number of hydrogen-bond acceptors (Lipinski definition) is 5. The van der Waals surface area contributed by atoms with Crippen molar-refractivity contribution in [1.29, 1.82) is 0 Å². The molecule has 0 bridgehead atoms. The number of sulfonamides is 1. The van der Waals surface area contributed by atoms with Gasteiger partial charge in [0.05, 0.1) is 18.3 Å². The zero-order valence-electron chi connectivity index (χ0n) is 10.5. The van der Waals surface area contributed by atoms with Crippen molar-refractivity contribution in [2.24, 2.45) is 4.40 Å². The number of aromatic amines is 1. The summed E-state index contributed by atoms with van der Waals surface area (Å²) in [5.74, 6) is -0.357. The molecule has 102 valence electrons. The van der Waals surface area contributed by atoms with E-state index in [1.807, 2.05) is 0 Å². The molecular weight excluding hydrogens is 276 g/mol. The maximum absolute atomic E-state index is 11.6. The van der Waals surface area contributed by atoms with Crippen LogP contribution in [0.5, 0.6) is 0 Å². The molecule has 0 fully saturated rings. The van der Waals surface area contributed by atoms with Crippen LogP contribution in [0.4, 0.5) is 0 Å². The number of carbonyl (C=O) groups is 1. The monoisotopic (exact) mass is 292 g/mol. The average molecular weight is 292 g/mol. The maximum Gasteiger partial charge on any atom is 0.311 e. The fraction of sp³-hybridized carbons (Fsp3) is 0.600. The number of H-pyrrole nitrogens is 1. The van der Waals surface area contributed by atoms with E-state index in [2.05, 4.69) is 9.38 Å². The lowest BCUT2D eigenvalue weighted by molar-refractivity contribution is -0.142. The van der Waals surface area contributed by atoms with Crippen molar-refractivity contribution in [3.8, 4) is 0 Å². The number of nitrogens with zero attached hydrogens (tertiary/aromatic N) is 1. The molecule has 0 saturated carbocycles. The summed E-state index contributed by atoms with van der Waals surface area (Å²) >= 11 is 1.14. The third kappa shape index (κ3) is 4.26. The SMILES string of the molecule is CCOC(=O)Cc1cs/c(=N\S(=O)(=O)C(C)C)[nH]1. The molecule has 0 saturated heterocycles. The standard InChI is InChI=1S/C10H16N2O4S2/c1-4-16-9(13)5-8-6-17-10(11-8)12-18(14,15)7(2)3/h6-7H,4-5H2,1-3H3,(H,11,12). The topological polar surface area (TPSA) is 88.6 Å². The smallest absolute Gasteiger partial charge is 0.311 e. The molecule has 0 aromatic carbocycles. The van der Waals surface area contributed by atoms with Gasteiger partial charge in [0.1, 0.15) is 0 Å². The fourth-order valence-electron chi connectivity index (χ4n) is 1.04. The van der Waals surface area contributed by atoms with Crippen molar-refractivity contribution in [2.45, 2.75) is 32.4 Å². The minimum Gasteiger partial charge on any atom is -0.466 e. The molecule has 1 heterocycles. The molecule has 0 amide bonds. The Kier molecular flexibility index (Phi) is 5.09. The van der Waals surface area contributed by atoms with Crippen LogP contribution < -0.4 is 4.80 Å². The van der Waals surface area contributed by atoms with Crippen molar-refractivity contribution in [3.05, 3.63) is 15.9 Å². The first kappa shape index (κ1) is 14.9. The Balaban J connectivity index is 2.87. The van der Waals surface area contributed by atoms with Crippen LogP contribution in [0.15, 0.2) is 9.78 Å². The van der Waals surface area contributed by atoms with Gasteiger partial charge >= 0.3 is 5.97 Å². The van der Waals surface area contributed by atoms with Gasteiger partial charge in [0.15, 0.2) is 4.80 Å². The minimum absolute atomic E-state index is 0.0849. The second-order valence-electron chi connectivity index (χ2n) is 3.83. The number of nitrogens with one attached hydrogen (secondary N) is 1. The number of carbonyl (C=O) groups excluding carboxylic acids is 1. The number of hydrogen-bond donors (Lipinski definition) is 1. The zero-order chi connectivity index (χ0) is 13.8. The van der Waals surface area contributed by atoms with Gasteiger partial charge in [0, 0.05) is 11.1 Å². The van der Waals surface area contributed by atoms with E-state index in [-0.39, 0.29) is 17.2 Å². The molecule has 6 nitrogen and oxygen atoms in total. The quantitative estimate of drug-likeness (QED) is 0.814. The summed E-state index contributed by atoms with van der Waals surface area (Å²) in [6, 6.07) is 0. The second-order valence-corrected chi connectivity index (χ2v) is 6.84. The van der Waals surface area contributed by atoms with Gasteiger partial charge in [0.2, 0.25) is 0 Å². The van der Waals surface area contributed by atoms with Crippen LogP contribution in [-0.2, 0) is 26.0 Å². The Morgan fingerprint density at radius 1 is 1.56 bits per heavy atom.